The standard InChI is InChI=1S/C9H15NO2/c1-2-4-9(5-3-6-10)11-7-8-12-9/h2-3,6H,1,4-5,7-8,10H2. The van der Waals surface area contributed by atoms with Gasteiger partial charge in [-0.25, -0.2) is 0 Å². The molecule has 0 atom stereocenters. The Morgan fingerprint density at radius 1 is 1.33 bits per heavy atom. The minimum atomic E-state index is -0.488. The molecule has 1 heterocycles. The van der Waals surface area contributed by atoms with Crippen LogP contribution in [0.5, 0.6) is 0 Å². The van der Waals surface area contributed by atoms with Crippen molar-refractivity contribution in [3.05, 3.63) is 24.9 Å². The van der Waals surface area contributed by atoms with Crippen LogP contribution in [-0.2, 0) is 9.47 Å². The van der Waals surface area contributed by atoms with E-state index >= 15 is 0 Å². The summed E-state index contributed by atoms with van der Waals surface area (Å²) in [6, 6.07) is 0. The van der Waals surface area contributed by atoms with Crippen molar-refractivity contribution in [2.75, 3.05) is 13.2 Å². The molecule has 0 saturated carbocycles. The van der Waals surface area contributed by atoms with E-state index in [-0.39, 0.29) is 0 Å². The Hall–Kier alpha value is -0.800. The Labute approximate surface area is 72.8 Å². The van der Waals surface area contributed by atoms with Crippen LogP contribution < -0.4 is 5.73 Å². The van der Waals surface area contributed by atoms with Gasteiger partial charge in [0, 0.05) is 12.8 Å². The number of nitrogens with two attached hydrogens (primary N) is 1. The molecule has 3 heteroatoms. The molecule has 0 aromatic carbocycles. The van der Waals surface area contributed by atoms with E-state index in [1.807, 2.05) is 6.08 Å². The molecule has 0 spiro atoms. The molecule has 0 unspecified atom stereocenters. The molecular weight excluding hydrogens is 154 g/mol. The Morgan fingerprint density at radius 3 is 2.50 bits per heavy atom. The number of hydrogen-bond acceptors (Lipinski definition) is 3. The van der Waals surface area contributed by atoms with E-state index in [0.717, 1.165) is 0 Å². The summed E-state index contributed by atoms with van der Waals surface area (Å²) < 4.78 is 11.0. The van der Waals surface area contributed by atoms with E-state index in [9.17, 15) is 0 Å². The second-order valence-electron chi connectivity index (χ2n) is 2.73. The minimum Gasteiger partial charge on any atom is -0.405 e. The zero-order chi connectivity index (χ0) is 8.86. The molecule has 2 N–H and O–H groups in total. The third-order valence-corrected chi connectivity index (χ3v) is 1.83. The number of hydrogen-bond donors (Lipinski definition) is 1. The van der Waals surface area contributed by atoms with Gasteiger partial charge in [-0.1, -0.05) is 12.2 Å². The summed E-state index contributed by atoms with van der Waals surface area (Å²) >= 11 is 0. The first-order valence-corrected chi connectivity index (χ1v) is 4.08. The van der Waals surface area contributed by atoms with Gasteiger partial charge in [0.15, 0.2) is 5.79 Å². The molecule has 1 aliphatic rings. The van der Waals surface area contributed by atoms with Gasteiger partial charge in [0.25, 0.3) is 0 Å². The number of ether oxygens (including phenoxy) is 2. The van der Waals surface area contributed by atoms with Gasteiger partial charge in [0.2, 0.25) is 0 Å². The van der Waals surface area contributed by atoms with Crippen molar-refractivity contribution < 1.29 is 9.47 Å². The smallest absolute Gasteiger partial charge is 0.175 e. The van der Waals surface area contributed by atoms with Crippen molar-refractivity contribution >= 4 is 0 Å². The fraction of sp³-hybridized carbons (Fsp3) is 0.556. The zero-order valence-corrected chi connectivity index (χ0v) is 7.16. The Bertz CT molecular complexity index is 171. The van der Waals surface area contributed by atoms with Crippen molar-refractivity contribution in [2.45, 2.75) is 18.6 Å². The van der Waals surface area contributed by atoms with Crippen LogP contribution in [0.2, 0.25) is 0 Å². The van der Waals surface area contributed by atoms with Crippen LogP contribution in [0.4, 0.5) is 0 Å². The topological polar surface area (TPSA) is 44.5 Å². The summed E-state index contributed by atoms with van der Waals surface area (Å²) in [6.45, 7) is 4.98. The van der Waals surface area contributed by atoms with Crippen molar-refractivity contribution in [1.29, 1.82) is 0 Å². The largest absolute Gasteiger partial charge is 0.405 e. The first-order valence-electron chi connectivity index (χ1n) is 4.08. The quantitative estimate of drug-likeness (QED) is 0.642. The maximum Gasteiger partial charge on any atom is 0.175 e. The van der Waals surface area contributed by atoms with Gasteiger partial charge < -0.3 is 15.2 Å². The molecule has 0 radical (unpaired) electrons. The van der Waals surface area contributed by atoms with Crippen LogP contribution in [0.25, 0.3) is 0 Å². The van der Waals surface area contributed by atoms with Gasteiger partial charge in [-0.05, 0) is 6.20 Å². The lowest BCUT2D eigenvalue weighted by atomic mass is 10.1. The van der Waals surface area contributed by atoms with E-state index in [1.165, 1.54) is 6.20 Å². The molecule has 0 amide bonds. The van der Waals surface area contributed by atoms with Crippen molar-refractivity contribution in [3.8, 4) is 0 Å². The average Bonchev–Trinajstić information content (AvgIpc) is 2.51. The Kier molecular flexibility index (Phi) is 3.31. The second kappa shape index (κ2) is 4.28. The van der Waals surface area contributed by atoms with Crippen LogP contribution in [-0.4, -0.2) is 19.0 Å². The first kappa shape index (κ1) is 9.29. The van der Waals surface area contributed by atoms with Gasteiger partial charge in [-0.15, -0.1) is 6.58 Å². The molecule has 1 rings (SSSR count). The molecule has 0 aromatic rings. The molecule has 12 heavy (non-hydrogen) atoms. The van der Waals surface area contributed by atoms with Crippen LogP contribution in [0.15, 0.2) is 24.9 Å². The predicted octanol–water partition coefficient (Wildman–Crippen LogP) is 1.17. The molecular formula is C9H15NO2. The van der Waals surface area contributed by atoms with Gasteiger partial charge in [-0.2, -0.15) is 0 Å². The van der Waals surface area contributed by atoms with Crippen LogP contribution in [0, 0.1) is 0 Å². The third-order valence-electron chi connectivity index (χ3n) is 1.83. The molecule has 1 aliphatic heterocycles. The van der Waals surface area contributed by atoms with Crippen molar-refractivity contribution in [3.63, 3.8) is 0 Å². The lowest BCUT2D eigenvalue weighted by Gasteiger charge is -2.24. The molecule has 0 bridgehead atoms. The summed E-state index contributed by atoms with van der Waals surface area (Å²) in [7, 11) is 0. The normalized spacial score (nSPS) is 21.7. The monoisotopic (exact) mass is 169 g/mol. The van der Waals surface area contributed by atoms with Gasteiger partial charge in [-0.3, -0.25) is 0 Å². The molecule has 0 aliphatic carbocycles. The van der Waals surface area contributed by atoms with Crippen molar-refractivity contribution in [2.24, 2.45) is 5.73 Å². The average molecular weight is 169 g/mol. The lowest BCUT2D eigenvalue weighted by molar-refractivity contribution is -0.151. The predicted molar refractivity (Wildman–Crippen MR) is 47.4 cm³/mol. The molecule has 1 saturated heterocycles. The highest BCUT2D eigenvalue weighted by atomic mass is 16.7. The molecule has 0 aromatic heterocycles. The Morgan fingerprint density at radius 2 is 2.00 bits per heavy atom. The highest BCUT2D eigenvalue weighted by molar-refractivity contribution is 4.91. The van der Waals surface area contributed by atoms with Crippen LogP contribution in [0.1, 0.15) is 12.8 Å². The minimum absolute atomic E-state index is 0.488. The maximum atomic E-state index is 5.48. The van der Waals surface area contributed by atoms with E-state index in [1.54, 1.807) is 6.08 Å². The first-order chi connectivity index (χ1) is 5.83. The van der Waals surface area contributed by atoms with Crippen LogP contribution >= 0.6 is 0 Å². The van der Waals surface area contributed by atoms with Gasteiger partial charge in [0.05, 0.1) is 13.2 Å². The molecule has 68 valence electrons. The lowest BCUT2D eigenvalue weighted by Crippen LogP contribution is -2.28. The summed E-state index contributed by atoms with van der Waals surface area (Å²) in [4.78, 5) is 0. The molecule has 3 nitrogen and oxygen atoms in total. The Balaban J connectivity index is 2.51. The number of rotatable bonds is 4. The summed E-state index contributed by atoms with van der Waals surface area (Å²) in [5.74, 6) is -0.488. The SMILES string of the molecule is C=CCC1(CC=CN)OCCO1. The highest BCUT2D eigenvalue weighted by Crippen LogP contribution is 2.27. The summed E-state index contributed by atoms with van der Waals surface area (Å²) in [5.41, 5.74) is 5.24. The van der Waals surface area contributed by atoms with E-state index in [4.69, 9.17) is 15.2 Å². The second-order valence-corrected chi connectivity index (χ2v) is 2.73. The zero-order valence-electron chi connectivity index (χ0n) is 7.16. The highest BCUT2D eigenvalue weighted by Gasteiger charge is 2.33. The van der Waals surface area contributed by atoms with Gasteiger partial charge >= 0.3 is 0 Å². The fourth-order valence-corrected chi connectivity index (χ4v) is 1.28. The van der Waals surface area contributed by atoms with E-state index in [0.29, 0.717) is 26.1 Å². The van der Waals surface area contributed by atoms with E-state index < -0.39 is 5.79 Å². The summed E-state index contributed by atoms with van der Waals surface area (Å²) in [6.07, 6.45) is 6.55. The van der Waals surface area contributed by atoms with Gasteiger partial charge in [0.1, 0.15) is 0 Å². The van der Waals surface area contributed by atoms with Crippen molar-refractivity contribution in [1.82, 2.24) is 0 Å². The maximum absolute atomic E-state index is 5.48. The summed E-state index contributed by atoms with van der Waals surface area (Å²) in [5, 5.41) is 0. The van der Waals surface area contributed by atoms with E-state index in [2.05, 4.69) is 6.58 Å². The third kappa shape index (κ3) is 2.09. The van der Waals surface area contributed by atoms with Crippen LogP contribution in [0.3, 0.4) is 0 Å². The molecule has 1 fully saturated rings. The fourth-order valence-electron chi connectivity index (χ4n) is 1.28.